The minimum Gasteiger partial charge on any atom is -0.346 e. The maximum Gasteiger partial charge on any atom is 0.194 e. The topological polar surface area (TPSA) is 65.6 Å². The molecule has 0 amide bonds. The number of carbonyl (C=O) groups excluding carboxylic acids is 1. The number of aromatic nitrogens is 5. The quantitative estimate of drug-likeness (QED) is 0.758. The van der Waals surface area contributed by atoms with E-state index in [-0.39, 0.29) is 5.78 Å². The molecule has 0 aromatic carbocycles. The second kappa shape index (κ2) is 3.80. The van der Waals surface area contributed by atoms with E-state index >= 15 is 0 Å². The number of rotatable bonds is 2. The van der Waals surface area contributed by atoms with Crippen molar-refractivity contribution in [1.29, 1.82) is 0 Å². The lowest BCUT2D eigenvalue weighted by Gasteiger charge is -2.07. The number of aryl methyl sites for hydroxylation is 2. The van der Waals surface area contributed by atoms with Crippen LogP contribution in [0.1, 0.15) is 34.6 Å². The zero-order valence-electron chi connectivity index (χ0n) is 9.63. The molecule has 6 heteroatoms. The van der Waals surface area contributed by atoms with E-state index in [1.807, 2.05) is 17.0 Å². The zero-order valence-corrected chi connectivity index (χ0v) is 9.63. The lowest BCUT2D eigenvalue weighted by atomic mass is 9.95. The molecule has 1 aliphatic carbocycles. The van der Waals surface area contributed by atoms with Crippen molar-refractivity contribution >= 4 is 5.78 Å². The van der Waals surface area contributed by atoms with Crippen molar-refractivity contribution < 1.29 is 4.79 Å². The number of hydrogen-bond donors (Lipinski definition) is 0. The third-order valence-electron chi connectivity index (χ3n) is 2.99. The molecule has 2 aromatic rings. The maximum atomic E-state index is 11.7. The lowest BCUT2D eigenvalue weighted by Crippen LogP contribution is -2.07. The molecule has 88 valence electrons. The van der Waals surface area contributed by atoms with Gasteiger partial charge in [0.2, 0.25) is 0 Å². The molecule has 0 bridgehead atoms. The van der Waals surface area contributed by atoms with Crippen LogP contribution < -0.4 is 0 Å². The Kier molecular flexibility index (Phi) is 2.28. The SMILES string of the molecule is Cn1nnc(Cn2cc3c(c2)C(=O)CCC3)n1. The summed E-state index contributed by atoms with van der Waals surface area (Å²) in [7, 11) is 1.74. The Labute approximate surface area is 98.2 Å². The summed E-state index contributed by atoms with van der Waals surface area (Å²) in [6, 6.07) is 0. The molecular formula is C11H13N5O. The van der Waals surface area contributed by atoms with E-state index in [9.17, 15) is 4.79 Å². The normalized spacial score (nSPS) is 15.0. The van der Waals surface area contributed by atoms with Crippen molar-refractivity contribution in [3.05, 3.63) is 29.3 Å². The lowest BCUT2D eigenvalue weighted by molar-refractivity contribution is 0.0973. The summed E-state index contributed by atoms with van der Waals surface area (Å²) in [5.74, 6) is 0.907. The van der Waals surface area contributed by atoms with Gasteiger partial charge in [-0.15, -0.1) is 10.2 Å². The highest BCUT2D eigenvalue weighted by Gasteiger charge is 2.19. The number of hydrogen-bond acceptors (Lipinski definition) is 4. The first-order valence-electron chi connectivity index (χ1n) is 5.67. The van der Waals surface area contributed by atoms with Crippen molar-refractivity contribution in [1.82, 2.24) is 24.8 Å². The monoisotopic (exact) mass is 231 g/mol. The van der Waals surface area contributed by atoms with Gasteiger partial charge in [0.05, 0.1) is 13.6 Å². The molecule has 0 spiro atoms. The molecule has 0 atom stereocenters. The molecular weight excluding hydrogens is 218 g/mol. The third-order valence-corrected chi connectivity index (χ3v) is 2.99. The van der Waals surface area contributed by atoms with Crippen molar-refractivity contribution in [2.45, 2.75) is 25.8 Å². The average Bonchev–Trinajstić information content (AvgIpc) is 2.86. The predicted molar refractivity (Wildman–Crippen MR) is 59.6 cm³/mol. The van der Waals surface area contributed by atoms with Gasteiger partial charge >= 0.3 is 0 Å². The summed E-state index contributed by atoms with van der Waals surface area (Å²) >= 11 is 0. The highest BCUT2D eigenvalue weighted by Crippen LogP contribution is 2.22. The van der Waals surface area contributed by atoms with Gasteiger partial charge in [0, 0.05) is 24.4 Å². The molecule has 0 fully saturated rings. The molecule has 17 heavy (non-hydrogen) atoms. The minimum atomic E-state index is 0.247. The standard InChI is InChI=1S/C11H13N5O/c1-15-13-11(12-14-15)7-16-5-8-3-2-4-10(17)9(8)6-16/h5-6H,2-4,7H2,1H3. The highest BCUT2D eigenvalue weighted by atomic mass is 16.1. The molecule has 2 aromatic heterocycles. The maximum absolute atomic E-state index is 11.7. The number of nitrogens with zero attached hydrogens (tertiary/aromatic N) is 5. The summed E-state index contributed by atoms with van der Waals surface area (Å²) in [5.41, 5.74) is 2.00. The molecule has 0 unspecified atom stereocenters. The minimum absolute atomic E-state index is 0.247. The van der Waals surface area contributed by atoms with Crippen LogP contribution in [-0.2, 0) is 20.0 Å². The molecule has 0 N–H and O–H groups in total. The number of carbonyl (C=O) groups is 1. The Hall–Kier alpha value is -1.98. The number of Topliss-reactive ketones (excluding diaryl/α,β-unsaturated/α-hetero) is 1. The highest BCUT2D eigenvalue weighted by molar-refractivity contribution is 5.98. The summed E-state index contributed by atoms with van der Waals surface area (Å²) in [6.07, 6.45) is 6.53. The molecule has 0 saturated heterocycles. The number of tetrazole rings is 1. The van der Waals surface area contributed by atoms with E-state index in [1.54, 1.807) is 7.05 Å². The Morgan fingerprint density at radius 3 is 2.94 bits per heavy atom. The Balaban J connectivity index is 1.87. The Bertz CT molecular complexity index is 568. The first-order chi connectivity index (χ1) is 8.22. The van der Waals surface area contributed by atoms with E-state index in [0.717, 1.165) is 24.0 Å². The number of fused-ring (bicyclic) bond motifs is 1. The van der Waals surface area contributed by atoms with E-state index < -0.39 is 0 Å². The third kappa shape index (κ3) is 1.86. The largest absolute Gasteiger partial charge is 0.346 e. The van der Waals surface area contributed by atoms with Crippen LogP contribution in [0.5, 0.6) is 0 Å². The molecule has 2 heterocycles. The van der Waals surface area contributed by atoms with Gasteiger partial charge in [-0.2, -0.15) is 4.80 Å². The van der Waals surface area contributed by atoms with Crippen molar-refractivity contribution in [3.8, 4) is 0 Å². The van der Waals surface area contributed by atoms with Crippen LogP contribution in [-0.4, -0.2) is 30.6 Å². The summed E-state index contributed by atoms with van der Waals surface area (Å²) in [4.78, 5) is 13.1. The fourth-order valence-electron chi connectivity index (χ4n) is 2.22. The van der Waals surface area contributed by atoms with Crippen LogP contribution in [0.3, 0.4) is 0 Å². The fourth-order valence-corrected chi connectivity index (χ4v) is 2.22. The Morgan fingerprint density at radius 2 is 2.24 bits per heavy atom. The van der Waals surface area contributed by atoms with Gasteiger partial charge in [-0.1, -0.05) is 0 Å². The van der Waals surface area contributed by atoms with Crippen LogP contribution in [0.25, 0.3) is 0 Å². The summed E-state index contributed by atoms with van der Waals surface area (Å²) in [5, 5.41) is 11.8. The summed E-state index contributed by atoms with van der Waals surface area (Å²) < 4.78 is 1.96. The van der Waals surface area contributed by atoms with E-state index in [2.05, 4.69) is 15.4 Å². The molecule has 6 nitrogen and oxygen atoms in total. The van der Waals surface area contributed by atoms with E-state index in [0.29, 0.717) is 18.8 Å². The molecule has 3 rings (SSSR count). The van der Waals surface area contributed by atoms with Gasteiger partial charge in [-0.05, 0) is 23.6 Å². The average molecular weight is 231 g/mol. The predicted octanol–water partition coefficient (Wildman–Crippen LogP) is 0.579. The van der Waals surface area contributed by atoms with Gasteiger partial charge in [-0.25, -0.2) is 0 Å². The van der Waals surface area contributed by atoms with Crippen molar-refractivity contribution in [2.75, 3.05) is 0 Å². The van der Waals surface area contributed by atoms with Crippen LogP contribution in [0, 0.1) is 0 Å². The van der Waals surface area contributed by atoms with Crippen LogP contribution in [0.15, 0.2) is 12.4 Å². The second-order valence-corrected chi connectivity index (χ2v) is 4.34. The van der Waals surface area contributed by atoms with Gasteiger partial charge < -0.3 is 4.57 Å². The molecule has 0 aliphatic heterocycles. The van der Waals surface area contributed by atoms with Gasteiger partial charge in [0.1, 0.15) is 0 Å². The smallest absolute Gasteiger partial charge is 0.194 e. The van der Waals surface area contributed by atoms with Gasteiger partial charge in [-0.3, -0.25) is 4.79 Å². The first-order valence-corrected chi connectivity index (χ1v) is 5.67. The zero-order chi connectivity index (χ0) is 11.8. The first kappa shape index (κ1) is 10.2. The second-order valence-electron chi connectivity index (χ2n) is 4.34. The van der Waals surface area contributed by atoms with Crippen LogP contribution >= 0.6 is 0 Å². The van der Waals surface area contributed by atoms with E-state index in [1.165, 1.54) is 4.80 Å². The van der Waals surface area contributed by atoms with Crippen molar-refractivity contribution in [2.24, 2.45) is 7.05 Å². The van der Waals surface area contributed by atoms with Gasteiger partial charge in [0.15, 0.2) is 11.6 Å². The van der Waals surface area contributed by atoms with E-state index in [4.69, 9.17) is 0 Å². The molecule has 0 radical (unpaired) electrons. The Morgan fingerprint density at radius 1 is 1.35 bits per heavy atom. The summed E-state index contributed by atoms with van der Waals surface area (Å²) in [6.45, 7) is 0.564. The van der Waals surface area contributed by atoms with Crippen LogP contribution in [0.2, 0.25) is 0 Å². The van der Waals surface area contributed by atoms with Gasteiger partial charge in [0.25, 0.3) is 0 Å². The van der Waals surface area contributed by atoms with Crippen molar-refractivity contribution in [3.63, 3.8) is 0 Å². The molecule has 0 saturated carbocycles. The fraction of sp³-hybridized carbons (Fsp3) is 0.455. The molecule has 1 aliphatic rings. The number of ketones is 1. The van der Waals surface area contributed by atoms with Crippen LogP contribution in [0.4, 0.5) is 0 Å².